The molecular formula is C10H12FNO2S. The zero-order valence-electron chi connectivity index (χ0n) is 8.24. The van der Waals surface area contributed by atoms with Crippen molar-refractivity contribution in [1.29, 1.82) is 0 Å². The molecule has 15 heavy (non-hydrogen) atoms. The maximum absolute atomic E-state index is 13.3. The molecule has 1 rings (SSSR count). The highest BCUT2D eigenvalue weighted by Gasteiger charge is 2.12. The van der Waals surface area contributed by atoms with Crippen molar-refractivity contribution < 1.29 is 14.3 Å². The number of anilines is 1. The molecule has 1 aromatic carbocycles. The first-order valence-corrected chi connectivity index (χ1v) is 5.40. The molecule has 0 fully saturated rings. The molecule has 3 nitrogen and oxygen atoms in total. The van der Waals surface area contributed by atoms with Crippen molar-refractivity contribution in [1.82, 2.24) is 0 Å². The summed E-state index contributed by atoms with van der Waals surface area (Å²) in [5.74, 6) is -1.43. The molecule has 0 radical (unpaired) electrons. The van der Waals surface area contributed by atoms with E-state index in [2.05, 4.69) is 0 Å². The lowest BCUT2D eigenvalue weighted by atomic mass is 10.2. The molecule has 0 heterocycles. The number of hydrogen-bond donors (Lipinski definition) is 2. The van der Waals surface area contributed by atoms with Crippen LogP contribution in [0, 0.1) is 11.7 Å². The number of nitrogen functional groups attached to an aromatic ring is 1. The normalized spacial score (nSPS) is 12.4. The fraction of sp³-hybridized carbons (Fsp3) is 0.300. The van der Waals surface area contributed by atoms with Gasteiger partial charge in [0.05, 0.1) is 5.92 Å². The topological polar surface area (TPSA) is 63.3 Å². The van der Waals surface area contributed by atoms with E-state index in [0.29, 0.717) is 16.3 Å². The number of carboxylic acids is 1. The number of benzene rings is 1. The van der Waals surface area contributed by atoms with E-state index in [9.17, 15) is 9.18 Å². The lowest BCUT2D eigenvalue weighted by Crippen LogP contribution is -2.11. The van der Waals surface area contributed by atoms with Crippen LogP contribution in [0.25, 0.3) is 0 Å². The summed E-state index contributed by atoms with van der Waals surface area (Å²) in [5, 5.41) is 8.65. The van der Waals surface area contributed by atoms with Gasteiger partial charge in [-0.05, 0) is 18.2 Å². The van der Waals surface area contributed by atoms with E-state index in [1.807, 2.05) is 0 Å². The SMILES string of the molecule is CC(CSc1ccc(N)cc1F)C(=O)O. The van der Waals surface area contributed by atoms with Gasteiger partial charge in [0.2, 0.25) is 0 Å². The molecular weight excluding hydrogens is 217 g/mol. The number of carboxylic acid groups (broad SMARTS) is 1. The highest BCUT2D eigenvalue weighted by atomic mass is 32.2. The molecule has 0 saturated heterocycles. The Bertz CT molecular complexity index is 370. The third-order valence-corrected chi connectivity index (χ3v) is 3.18. The van der Waals surface area contributed by atoms with Crippen molar-refractivity contribution >= 4 is 23.4 Å². The zero-order chi connectivity index (χ0) is 11.4. The van der Waals surface area contributed by atoms with Crippen LogP contribution in [0.3, 0.4) is 0 Å². The maximum atomic E-state index is 13.3. The first kappa shape index (κ1) is 11.8. The first-order valence-electron chi connectivity index (χ1n) is 4.41. The van der Waals surface area contributed by atoms with Crippen LogP contribution in [0.2, 0.25) is 0 Å². The lowest BCUT2D eigenvalue weighted by molar-refractivity contribution is -0.140. The van der Waals surface area contributed by atoms with Crippen molar-refractivity contribution in [3.05, 3.63) is 24.0 Å². The molecule has 82 valence electrons. The Morgan fingerprint density at radius 2 is 2.33 bits per heavy atom. The Labute approximate surface area is 91.5 Å². The molecule has 0 aliphatic carbocycles. The van der Waals surface area contributed by atoms with Crippen LogP contribution < -0.4 is 5.73 Å². The van der Waals surface area contributed by atoms with Gasteiger partial charge in [-0.1, -0.05) is 6.92 Å². The van der Waals surface area contributed by atoms with E-state index in [1.54, 1.807) is 19.1 Å². The Morgan fingerprint density at radius 3 is 2.87 bits per heavy atom. The van der Waals surface area contributed by atoms with E-state index in [1.165, 1.54) is 17.8 Å². The minimum atomic E-state index is -0.877. The molecule has 0 amide bonds. The van der Waals surface area contributed by atoms with Gasteiger partial charge in [-0.15, -0.1) is 11.8 Å². The molecule has 3 N–H and O–H groups in total. The second-order valence-electron chi connectivity index (χ2n) is 3.24. The van der Waals surface area contributed by atoms with Gasteiger partial charge >= 0.3 is 5.97 Å². The van der Waals surface area contributed by atoms with Crippen LogP contribution in [-0.4, -0.2) is 16.8 Å². The lowest BCUT2D eigenvalue weighted by Gasteiger charge is -2.06. The molecule has 0 bridgehead atoms. The van der Waals surface area contributed by atoms with Gasteiger partial charge in [0.15, 0.2) is 0 Å². The van der Waals surface area contributed by atoms with Crippen molar-refractivity contribution in [2.24, 2.45) is 5.92 Å². The van der Waals surface area contributed by atoms with Crippen molar-refractivity contribution in [2.45, 2.75) is 11.8 Å². The van der Waals surface area contributed by atoms with Crippen LogP contribution >= 0.6 is 11.8 Å². The largest absolute Gasteiger partial charge is 0.481 e. The summed E-state index contributed by atoms with van der Waals surface area (Å²) >= 11 is 1.18. The highest BCUT2D eigenvalue weighted by Crippen LogP contribution is 2.25. The van der Waals surface area contributed by atoms with Gasteiger partial charge in [-0.3, -0.25) is 4.79 Å². The van der Waals surface area contributed by atoms with E-state index in [0.717, 1.165) is 0 Å². The van der Waals surface area contributed by atoms with E-state index in [4.69, 9.17) is 10.8 Å². The molecule has 1 aromatic rings. The number of carbonyl (C=O) groups is 1. The quantitative estimate of drug-likeness (QED) is 0.614. The fourth-order valence-corrected chi connectivity index (χ4v) is 1.85. The van der Waals surface area contributed by atoms with Crippen LogP contribution in [0.1, 0.15) is 6.92 Å². The first-order chi connectivity index (χ1) is 7.00. The van der Waals surface area contributed by atoms with E-state index in [-0.39, 0.29) is 0 Å². The predicted octanol–water partition coefficient (Wildman–Crippen LogP) is 2.22. The number of aliphatic carboxylic acids is 1. The number of hydrogen-bond acceptors (Lipinski definition) is 3. The summed E-state index contributed by atoms with van der Waals surface area (Å²) in [6.45, 7) is 1.59. The smallest absolute Gasteiger partial charge is 0.307 e. The van der Waals surface area contributed by atoms with Gasteiger partial charge in [0, 0.05) is 16.3 Å². The monoisotopic (exact) mass is 229 g/mol. The average molecular weight is 229 g/mol. The number of rotatable bonds is 4. The number of nitrogens with two attached hydrogens (primary N) is 1. The van der Waals surface area contributed by atoms with Crippen LogP contribution in [0.4, 0.5) is 10.1 Å². The van der Waals surface area contributed by atoms with Gasteiger partial charge in [0.1, 0.15) is 5.82 Å². The molecule has 0 aromatic heterocycles. The van der Waals surface area contributed by atoms with Gasteiger partial charge in [-0.2, -0.15) is 0 Å². The Kier molecular flexibility index (Phi) is 3.96. The molecule has 0 aliphatic rings. The second kappa shape index (κ2) is 5.02. The third-order valence-electron chi connectivity index (χ3n) is 1.87. The fourth-order valence-electron chi connectivity index (χ4n) is 0.920. The Balaban J connectivity index is 2.62. The second-order valence-corrected chi connectivity index (χ2v) is 4.30. The number of thioether (sulfide) groups is 1. The summed E-state index contributed by atoms with van der Waals surface area (Å²) in [5.41, 5.74) is 5.75. The summed E-state index contributed by atoms with van der Waals surface area (Å²) in [6.07, 6.45) is 0. The summed E-state index contributed by atoms with van der Waals surface area (Å²) in [7, 11) is 0. The van der Waals surface area contributed by atoms with Crippen LogP contribution in [0.15, 0.2) is 23.1 Å². The molecule has 1 unspecified atom stereocenters. The third kappa shape index (κ3) is 3.43. The van der Waals surface area contributed by atoms with Gasteiger partial charge in [0.25, 0.3) is 0 Å². The average Bonchev–Trinajstić information content (AvgIpc) is 2.15. The van der Waals surface area contributed by atoms with Crippen LogP contribution in [-0.2, 0) is 4.79 Å². The summed E-state index contributed by atoms with van der Waals surface area (Å²) in [4.78, 5) is 11.0. The number of halogens is 1. The van der Waals surface area contributed by atoms with Crippen LogP contribution in [0.5, 0.6) is 0 Å². The Morgan fingerprint density at radius 1 is 1.67 bits per heavy atom. The standard InChI is InChI=1S/C10H12FNO2S/c1-6(10(13)14)5-15-9-3-2-7(12)4-8(9)11/h2-4,6H,5,12H2,1H3,(H,13,14). The molecule has 1 atom stereocenters. The predicted molar refractivity (Wildman–Crippen MR) is 58.3 cm³/mol. The molecule has 0 spiro atoms. The molecule has 0 saturated carbocycles. The molecule has 5 heteroatoms. The van der Waals surface area contributed by atoms with Crippen molar-refractivity contribution in [2.75, 3.05) is 11.5 Å². The van der Waals surface area contributed by atoms with Gasteiger partial charge in [-0.25, -0.2) is 4.39 Å². The minimum Gasteiger partial charge on any atom is -0.481 e. The maximum Gasteiger partial charge on any atom is 0.307 e. The van der Waals surface area contributed by atoms with E-state index >= 15 is 0 Å². The highest BCUT2D eigenvalue weighted by molar-refractivity contribution is 7.99. The Hall–Kier alpha value is -1.23. The van der Waals surface area contributed by atoms with Gasteiger partial charge < -0.3 is 10.8 Å². The minimum absolute atomic E-state index is 0.343. The molecule has 0 aliphatic heterocycles. The summed E-state index contributed by atoms with van der Waals surface area (Å²) < 4.78 is 13.3. The summed E-state index contributed by atoms with van der Waals surface area (Å²) in [6, 6.07) is 4.38. The van der Waals surface area contributed by atoms with Crippen molar-refractivity contribution in [3.63, 3.8) is 0 Å². The van der Waals surface area contributed by atoms with Crippen molar-refractivity contribution in [3.8, 4) is 0 Å². The van der Waals surface area contributed by atoms with E-state index < -0.39 is 17.7 Å². The zero-order valence-corrected chi connectivity index (χ0v) is 9.05.